The van der Waals surface area contributed by atoms with Gasteiger partial charge >= 0.3 is 0 Å². The van der Waals surface area contributed by atoms with E-state index in [1.54, 1.807) is 13.8 Å². The van der Waals surface area contributed by atoms with E-state index in [2.05, 4.69) is 5.32 Å². The van der Waals surface area contributed by atoms with Crippen LogP contribution >= 0.6 is 0 Å². The molecule has 128 valence electrons. The molecule has 1 fully saturated rings. The van der Waals surface area contributed by atoms with Gasteiger partial charge in [0.1, 0.15) is 11.6 Å². The Hall–Kier alpha value is -1.93. The van der Waals surface area contributed by atoms with Crippen LogP contribution in [0.1, 0.15) is 20.3 Å². The van der Waals surface area contributed by atoms with Crippen molar-refractivity contribution in [3.63, 3.8) is 0 Å². The second-order valence-electron chi connectivity index (χ2n) is 6.16. The van der Waals surface area contributed by atoms with Gasteiger partial charge in [0, 0.05) is 25.6 Å². The monoisotopic (exact) mass is 326 g/mol. The van der Waals surface area contributed by atoms with Gasteiger partial charge in [-0.3, -0.25) is 14.4 Å². The Kier molecular flexibility index (Phi) is 5.38. The van der Waals surface area contributed by atoms with Crippen molar-refractivity contribution in [1.29, 1.82) is 0 Å². The standard InChI is InChI=1S/C15H22N2O6/c1-15(2)8-10(19)7-12(23-15)13(20)16-11(9-18)14(21)17-3-5-22-6-4-17/h7,11,18H,3-6,8-9H2,1-2H3,(H,16,20)/t11-/m0/s1. The minimum Gasteiger partial charge on any atom is -0.482 e. The number of aliphatic hydroxyl groups excluding tert-OH is 1. The summed E-state index contributed by atoms with van der Waals surface area (Å²) in [6, 6.07) is -1.08. The van der Waals surface area contributed by atoms with E-state index in [0.717, 1.165) is 6.08 Å². The lowest BCUT2D eigenvalue weighted by Gasteiger charge is -2.32. The molecule has 0 saturated carbocycles. The second kappa shape index (κ2) is 7.10. The number of rotatable bonds is 4. The Labute approximate surface area is 134 Å². The molecule has 0 aromatic heterocycles. The molecule has 0 radical (unpaired) electrons. The normalized spacial score (nSPS) is 22.0. The topological polar surface area (TPSA) is 105 Å². The number of ether oxygens (including phenoxy) is 2. The first kappa shape index (κ1) is 17.4. The fraction of sp³-hybridized carbons (Fsp3) is 0.667. The third kappa shape index (κ3) is 4.52. The first-order chi connectivity index (χ1) is 10.8. The van der Waals surface area contributed by atoms with Crippen LogP contribution in [-0.2, 0) is 23.9 Å². The largest absolute Gasteiger partial charge is 0.482 e. The van der Waals surface area contributed by atoms with Gasteiger partial charge in [-0.1, -0.05) is 0 Å². The van der Waals surface area contributed by atoms with E-state index < -0.39 is 24.2 Å². The molecule has 1 atom stereocenters. The van der Waals surface area contributed by atoms with Gasteiger partial charge in [0.25, 0.3) is 5.91 Å². The number of carbonyl (C=O) groups excluding carboxylic acids is 3. The van der Waals surface area contributed by atoms with Gasteiger partial charge in [0.2, 0.25) is 5.91 Å². The van der Waals surface area contributed by atoms with Crippen molar-refractivity contribution < 1.29 is 29.0 Å². The van der Waals surface area contributed by atoms with Gasteiger partial charge < -0.3 is 24.8 Å². The van der Waals surface area contributed by atoms with E-state index in [4.69, 9.17) is 9.47 Å². The summed E-state index contributed by atoms with van der Waals surface area (Å²) in [5.41, 5.74) is -0.776. The number of aliphatic hydroxyl groups is 1. The van der Waals surface area contributed by atoms with Gasteiger partial charge in [-0.25, -0.2) is 0 Å². The zero-order chi connectivity index (χ0) is 17.0. The smallest absolute Gasteiger partial charge is 0.287 e. The third-order valence-electron chi connectivity index (χ3n) is 3.61. The maximum atomic E-state index is 12.3. The Morgan fingerprint density at radius 2 is 2.04 bits per heavy atom. The molecule has 8 nitrogen and oxygen atoms in total. The molecular formula is C15H22N2O6. The van der Waals surface area contributed by atoms with Crippen molar-refractivity contribution in [1.82, 2.24) is 10.2 Å². The number of nitrogens with one attached hydrogen (secondary N) is 1. The van der Waals surface area contributed by atoms with Crippen LogP contribution in [-0.4, -0.2) is 72.2 Å². The van der Waals surface area contributed by atoms with Gasteiger partial charge in [-0.2, -0.15) is 0 Å². The summed E-state index contributed by atoms with van der Waals surface area (Å²) in [6.45, 7) is 4.54. The molecule has 2 rings (SSSR count). The lowest BCUT2D eigenvalue weighted by atomic mass is 9.98. The molecule has 1 saturated heterocycles. The minimum absolute atomic E-state index is 0.139. The number of hydrogen-bond acceptors (Lipinski definition) is 6. The average Bonchev–Trinajstić information content (AvgIpc) is 2.50. The Morgan fingerprint density at radius 1 is 1.39 bits per heavy atom. The lowest BCUT2D eigenvalue weighted by Crippen LogP contribution is -2.54. The van der Waals surface area contributed by atoms with Crippen molar-refractivity contribution >= 4 is 17.6 Å². The number of hydrogen-bond donors (Lipinski definition) is 2. The van der Waals surface area contributed by atoms with Crippen molar-refractivity contribution in [3.8, 4) is 0 Å². The van der Waals surface area contributed by atoms with E-state index >= 15 is 0 Å². The number of nitrogens with zero attached hydrogens (tertiary/aromatic N) is 1. The molecule has 8 heteroatoms. The molecule has 2 aliphatic rings. The number of amides is 2. The van der Waals surface area contributed by atoms with Crippen molar-refractivity contribution in [2.24, 2.45) is 0 Å². The van der Waals surface area contributed by atoms with Crippen LogP contribution in [0, 0.1) is 0 Å². The molecule has 2 heterocycles. The number of allylic oxidation sites excluding steroid dienone is 1. The molecular weight excluding hydrogens is 304 g/mol. The SMILES string of the molecule is CC1(C)CC(=O)C=C(C(=O)N[C@@H](CO)C(=O)N2CCOCC2)O1. The predicted molar refractivity (Wildman–Crippen MR) is 79.3 cm³/mol. The summed E-state index contributed by atoms with van der Waals surface area (Å²) in [5, 5.41) is 11.8. The van der Waals surface area contributed by atoms with Crippen molar-refractivity contribution in [3.05, 3.63) is 11.8 Å². The van der Waals surface area contributed by atoms with Crippen LogP contribution in [0.4, 0.5) is 0 Å². The highest BCUT2D eigenvalue weighted by Gasteiger charge is 2.34. The summed E-state index contributed by atoms with van der Waals surface area (Å²) < 4.78 is 10.6. The lowest BCUT2D eigenvalue weighted by molar-refractivity contribution is -0.141. The summed E-state index contributed by atoms with van der Waals surface area (Å²) in [4.78, 5) is 37.7. The quantitative estimate of drug-likeness (QED) is 0.685. The maximum Gasteiger partial charge on any atom is 0.287 e. The summed E-state index contributed by atoms with van der Waals surface area (Å²) >= 11 is 0. The fourth-order valence-electron chi connectivity index (χ4n) is 2.51. The molecule has 2 amide bonds. The molecule has 0 aromatic carbocycles. The Morgan fingerprint density at radius 3 is 2.61 bits per heavy atom. The van der Waals surface area contributed by atoms with E-state index in [-0.39, 0.29) is 23.9 Å². The Balaban J connectivity index is 2.02. The van der Waals surface area contributed by atoms with Gasteiger partial charge in [0.05, 0.1) is 19.8 Å². The maximum absolute atomic E-state index is 12.3. The summed E-state index contributed by atoms with van der Waals surface area (Å²) in [7, 11) is 0. The zero-order valence-electron chi connectivity index (χ0n) is 13.3. The average molecular weight is 326 g/mol. The van der Waals surface area contributed by atoms with Crippen LogP contribution in [0.2, 0.25) is 0 Å². The van der Waals surface area contributed by atoms with E-state index in [1.165, 1.54) is 4.90 Å². The van der Waals surface area contributed by atoms with Gasteiger partial charge in [0.15, 0.2) is 11.5 Å². The Bertz CT molecular complexity index is 522. The van der Waals surface area contributed by atoms with Crippen LogP contribution < -0.4 is 5.32 Å². The molecule has 23 heavy (non-hydrogen) atoms. The van der Waals surface area contributed by atoms with Crippen molar-refractivity contribution in [2.75, 3.05) is 32.9 Å². The molecule has 0 unspecified atom stereocenters. The van der Waals surface area contributed by atoms with E-state index in [9.17, 15) is 19.5 Å². The predicted octanol–water partition coefficient (Wildman–Crippen LogP) is -1.03. The second-order valence-corrected chi connectivity index (χ2v) is 6.16. The number of ketones is 1. The van der Waals surface area contributed by atoms with Crippen LogP contribution in [0.3, 0.4) is 0 Å². The highest BCUT2D eigenvalue weighted by Crippen LogP contribution is 2.24. The molecule has 0 bridgehead atoms. The minimum atomic E-state index is -1.08. The molecule has 0 spiro atoms. The number of carbonyl (C=O) groups is 3. The summed E-state index contributed by atoms with van der Waals surface area (Å²) in [6.07, 6.45) is 1.30. The van der Waals surface area contributed by atoms with Crippen molar-refractivity contribution in [2.45, 2.75) is 31.9 Å². The molecule has 0 aromatic rings. The summed E-state index contributed by atoms with van der Waals surface area (Å²) in [5.74, 6) is -1.43. The van der Waals surface area contributed by atoms with Gasteiger partial charge in [-0.05, 0) is 13.8 Å². The van der Waals surface area contributed by atoms with E-state index in [0.29, 0.717) is 26.3 Å². The van der Waals surface area contributed by atoms with Crippen LogP contribution in [0.25, 0.3) is 0 Å². The molecule has 2 aliphatic heterocycles. The third-order valence-corrected chi connectivity index (χ3v) is 3.61. The highest BCUT2D eigenvalue weighted by molar-refractivity contribution is 6.03. The fourth-order valence-corrected chi connectivity index (χ4v) is 2.51. The van der Waals surface area contributed by atoms with E-state index in [1.807, 2.05) is 0 Å². The first-order valence-electron chi connectivity index (χ1n) is 7.54. The number of morpholine rings is 1. The highest BCUT2D eigenvalue weighted by atomic mass is 16.5. The van der Waals surface area contributed by atoms with Crippen LogP contribution in [0.15, 0.2) is 11.8 Å². The first-order valence-corrected chi connectivity index (χ1v) is 7.54. The van der Waals surface area contributed by atoms with Crippen LogP contribution in [0.5, 0.6) is 0 Å². The molecule has 0 aliphatic carbocycles. The van der Waals surface area contributed by atoms with Gasteiger partial charge in [-0.15, -0.1) is 0 Å². The molecule has 2 N–H and O–H groups in total. The zero-order valence-corrected chi connectivity index (χ0v) is 13.3.